The Balaban J connectivity index is 1.58. The molecule has 0 bridgehead atoms. The van der Waals surface area contributed by atoms with Crippen LogP contribution < -0.4 is 10.4 Å². The number of nitrogens with zero attached hydrogens (tertiary/aromatic N) is 2. The minimum absolute atomic E-state index is 0.0259. The van der Waals surface area contributed by atoms with Gasteiger partial charge < -0.3 is 9.64 Å². The molecule has 2 aromatic rings. The number of hydrogen-bond acceptors (Lipinski definition) is 4. The van der Waals surface area contributed by atoms with Crippen LogP contribution in [0.1, 0.15) is 49.5 Å². The van der Waals surface area contributed by atoms with Gasteiger partial charge in [-0.15, -0.1) is 0 Å². The molecule has 2 heterocycles. The van der Waals surface area contributed by atoms with E-state index in [-0.39, 0.29) is 22.9 Å². The maximum Gasteiger partial charge on any atom is 0.410 e. The molecule has 174 valence electrons. The van der Waals surface area contributed by atoms with Crippen molar-refractivity contribution in [2.45, 2.75) is 39.2 Å². The number of amides is 2. The summed E-state index contributed by atoms with van der Waals surface area (Å²) in [7, 11) is 0. The summed E-state index contributed by atoms with van der Waals surface area (Å²) in [6.45, 7) is 6.54. The van der Waals surface area contributed by atoms with Crippen LogP contribution >= 0.6 is 11.6 Å². The molecule has 0 aliphatic carbocycles. The van der Waals surface area contributed by atoms with Crippen LogP contribution in [-0.2, 0) is 4.74 Å². The molecule has 2 aliphatic heterocycles. The van der Waals surface area contributed by atoms with Gasteiger partial charge in [-0.2, -0.15) is 0 Å². The van der Waals surface area contributed by atoms with Crippen LogP contribution in [0.3, 0.4) is 0 Å². The molecule has 0 spiro atoms. The van der Waals surface area contributed by atoms with Gasteiger partial charge >= 0.3 is 6.09 Å². The third-order valence-electron chi connectivity index (χ3n) is 5.66. The van der Waals surface area contributed by atoms with Crippen molar-refractivity contribution in [3.63, 3.8) is 0 Å². The first-order valence-corrected chi connectivity index (χ1v) is 11.3. The zero-order valence-corrected chi connectivity index (χ0v) is 19.7. The van der Waals surface area contributed by atoms with Gasteiger partial charge in [-0.1, -0.05) is 29.8 Å². The second kappa shape index (κ2) is 9.06. The number of fused-ring (bicyclic) bond motifs is 1. The number of hydrazine groups is 1. The molecule has 2 aromatic carbocycles. The number of carbonyl (C=O) groups excluding carboxylic acids is 2. The quantitative estimate of drug-likeness (QED) is 0.616. The lowest BCUT2D eigenvalue weighted by Crippen LogP contribution is -2.48. The molecule has 0 radical (unpaired) electrons. The van der Waals surface area contributed by atoms with Gasteiger partial charge in [0.15, 0.2) is 0 Å². The number of nitrogens with one attached hydrogen (secondary N) is 1. The number of halogens is 2. The Morgan fingerprint density at radius 3 is 2.42 bits per heavy atom. The Morgan fingerprint density at radius 2 is 1.79 bits per heavy atom. The van der Waals surface area contributed by atoms with Gasteiger partial charge in [-0.3, -0.25) is 10.2 Å². The number of piperidine rings is 1. The first kappa shape index (κ1) is 23.1. The first-order chi connectivity index (χ1) is 15.6. The number of ether oxygens (including phenoxy) is 1. The summed E-state index contributed by atoms with van der Waals surface area (Å²) in [5, 5.41) is 1.57. The van der Waals surface area contributed by atoms with E-state index < -0.39 is 11.4 Å². The van der Waals surface area contributed by atoms with E-state index in [2.05, 4.69) is 5.43 Å². The van der Waals surface area contributed by atoms with Crippen molar-refractivity contribution in [3.8, 4) is 0 Å². The van der Waals surface area contributed by atoms with Gasteiger partial charge in [-0.05, 0) is 64.0 Å². The van der Waals surface area contributed by atoms with E-state index in [1.807, 2.05) is 26.8 Å². The molecule has 0 unspecified atom stereocenters. The van der Waals surface area contributed by atoms with Gasteiger partial charge in [0, 0.05) is 40.9 Å². The number of anilines is 1. The predicted octanol–water partition coefficient (Wildman–Crippen LogP) is 5.63. The average molecular weight is 472 g/mol. The third kappa shape index (κ3) is 5.14. The second-order valence-electron chi connectivity index (χ2n) is 9.28. The molecule has 6 nitrogen and oxygen atoms in total. The minimum Gasteiger partial charge on any atom is -0.444 e. The van der Waals surface area contributed by atoms with Crippen LogP contribution in [0.15, 0.2) is 48.2 Å². The van der Waals surface area contributed by atoms with Crippen molar-refractivity contribution in [2.75, 3.05) is 18.1 Å². The van der Waals surface area contributed by atoms with Crippen LogP contribution in [0.25, 0.3) is 6.08 Å². The topological polar surface area (TPSA) is 61.9 Å². The molecule has 0 atom stereocenters. The summed E-state index contributed by atoms with van der Waals surface area (Å²) < 4.78 is 20.3. The fourth-order valence-electron chi connectivity index (χ4n) is 4.05. The highest BCUT2D eigenvalue weighted by molar-refractivity contribution is 6.31. The molecular formula is C25H27ClFN3O3. The largest absolute Gasteiger partial charge is 0.444 e. The fraction of sp³-hybridized carbons (Fsp3) is 0.360. The number of rotatable bonds is 2. The highest BCUT2D eigenvalue weighted by Crippen LogP contribution is 2.36. The smallest absolute Gasteiger partial charge is 0.410 e. The van der Waals surface area contributed by atoms with E-state index in [0.717, 1.165) is 5.70 Å². The van der Waals surface area contributed by atoms with Gasteiger partial charge in [0.2, 0.25) is 0 Å². The third-order valence-corrected chi connectivity index (χ3v) is 5.88. The zero-order valence-electron chi connectivity index (χ0n) is 18.9. The second-order valence-corrected chi connectivity index (χ2v) is 9.72. The highest BCUT2D eigenvalue weighted by Gasteiger charge is 2.33. The predicted molar refractivity (Wildman–Crippen MR) is 126 cm³/mol. The molecule has 2 aliphatic rings. The lowest BCUT2D eigenvalue weighted by Gasteiger charge is -2.38. The van der Waals surface area contributed by atoms with Crippen molar-refractivity contribution >= 4 is 35.4 Å². The van der Waals surface area contributed by atoms with Crippen molar-refractivity contribution in [1.29, 1.82) is 0 Å². The Hall–Kier alpha value is -3.06. The van der Waals surface area contributed by atoms with Crippen molar-refractivity contribution in [2.24, 2.45) is 5.92 Å². The summed E-state index contributed by atoms with van der Waals surface area (Å²) in [4.78, 5) is 27.4. The van der Waals surface area contributed by atoms with Gasteiger partial charge in [-0.25, -0.2) is 14.2 Å². The molecule has 0 aromatic heterocycles. The van der Waals surface area contributed by atoms with Crippen LogP contribution in [0.2, 0.25) is 5.02 Å². The molecule has 8 heteroatoms. The summed E-state index contributed by atoms with van der Waals surface area (Å²) in [6, 6.07) is 11.6. The van der Waals surface area contributed by atoms with Crippen molar-refractivity contribution in [3.05, 3.63) is 70.1 Å². The fourth-order valence-corrected chi connectivity index (χ4v) is 4.25. The first-order valence-electron chi connectivity index (χ1n) is 11.0. The van der Waals surface area contributed by atoms with Crippen LogP contribution in [0.5, 0.6) is 0 Å². The van der Waals surface area contributed by atoms with E-state index in [9.17, 15) is 14.0 Å². The Kier molecular flexibility index (Phi) is 6.34. The van der Waals surface area contributed by atoms with E-state index in [0.29, 0.717) is 42.7 Å². The molecular weight excluding hydrogens is 445 g/mol. The van der Waals surface area contributed by atoms with Gasteiger partial charge in [0.05, 0.1) is 5.69 Å². The molecule has 1 N–H and O–H groups in total. The number of carbonyl (C=O) groups is 2. The maximum absolute atomic E-state index is 14.9. The Labute approximate surface area is 197 Å². The highest BCUT2D eigenvalue weighted by atomic mass is 35.5. The lowest BCUT2D eigenvalue weighted by molar-refractivity contribution is 0.0193. The summed E-state index contributed by atoms with van der Waals surface area (Å²) >= 11 is 6.10. The summed E-state index contributed by atoms with van der Waals surface area (Å²) in [5.41, 5.74) is 4.53. The van der Waals surface area contributed by atoms with E-state index in [1.165, 1.54) is 11.1 Å². The number of hydrogen-bond donors (Lipinski definition) is 1. The van der Waals surface area contributed by atoms with Gasteiger partial charge in [0.1, 0.15) is 11.4 Å². The monoisotopic (exact) mass is 471 g/mol. The van der Waals surface area contributed by atoms with E-state index >= 15 is 0 Å². The molecule has 1 fully saturated rings. The van der Waals surface area contributed by atoms with Crippen LogP contribution in [-0.4, -0.2) is 35.6 Å². The number of allylic oxidation sites excluding steroid dienone is 1. The average Bonchev–Trinajstić information content (AvgIpc) is 2.77. The number of likely N-dealkylation sites (tertiary alicyclic amines) is 1. The van der Waals surface area contributed by atoms with Gasteiger partial charge in [0.25, 0.3) is 5.91 Å². The van der Waals surface area contributed by atoms with E-state index in [1.54, 1.807) is 41.3 Å². The Morgan fingerprint density at radius 1 is 1.12 bits per heavy atom. The van der Waals surface area contributed by atoms with Crippen LogP contribution in [0.4, 0.5) is 14.9 Å². The molecule has 4 rings (SSSR count). The summed E-state index contributed by atoms with van der Waals surface area (Å²) in [6.07, 6.45) is 2.73. The number of benzene rings is 2. The lowest BCUT2D eigenvalue weighted by atomic mass is 9.91. The summed E-state index contributed by atoms with van der Waals surface area (Å²) in [5.74, 6) is -0.776. The minimum atomic E-state index is -0.553. The zero-order chi connectivity index (χ0) is 23.8. The van der Waals surface area contributed by atoms with Crippen molar-refractivity contribution in [1.82, 2.24) is 10.3 Å². The normalized spacial score (nSPS) is 16.6. The standard InChI is InChI=1S/C25H27ClFN3O3/c1-25(2,3)33-24(32)29-11-9-16(10-12-29)21-15-19-20(27)13-18(26)14-22(19)30(28-21)23(31)17-7-5-4-6-8-17/h4-8,13-16,28H,9-12H2,1-3H3. The van der Waals surface area contributed by atoms with Crippen molar-refractivity contribution < 1.29 is 18.7 Å². The molecule has 1 saturated heterocycles. The molecule has 0 saturated carbocycles. The SMILES string of the molecule is CC(C)(C)OC(=O)N1CCC(C2=Cc3c(F)cc(Cl)cc3N(C(=O)c3ccccc3)N2)CC1. The van der Waals surface area contributed by atoms with E-state index in [4.69, 9.17) is 16.3 Å². The maximum atomic E-state index is 14.9. The van der Waals surface area contributed by atoms with Crippen LogP contribution in [0, 0.1) is 11.7 Å². The molecule has 33 heavy (non-hydrogen) atoms. The Bertz CT molecular complexity index is 1090. The molecule has 2 amide bonds.